The van der Waals surface area contributed by atoms with Crippen LogP contribution < -0.4 is 5.32 Å². The van der Waals surface area contributed by atoms with Crippen molar-refractivity contribution < 1.29 is 4.58 Å². The predicted molar refractivity (Wildman–Crippen MR) is 106 cm³/mol. The van der Waals surface area contributed by atoms with E-state index in [2.05, 4.69) is 17.4 Å². The van der Waals surface area contributed by atoms with Gasteiger partial charge in [-0.05, 0) is 5.56 Å². The molecule has 0 atom stereocenters. The molecule has 7 heteroatoms. The molecule has 0 bridgehead atoms. The van der Waals surface area contributed by atoms with E-state index in [1.165, 1.54) is 0 Å². The second kappa shape index (κ2) is 9.66. The average Bonchev–Trinajstić information content (AvgIpc) is 2.53. The Labute approximate surface area is 152 Å². The van der Waals surface area contributed by atoms with E-state index in [9.17, 15) is 0 Å². The molecule has 0 heterocycles. The fourth-order valence-corrected chi connectivity index (χ4v) is 2.27. The maximum atomic E-state index is 4.73. The molecule has 0 unspecified atom stereocenters. The van der Waals surface area contributed by atoms with Gasteiger partial charge in [-0.3, -0.25) is 9.48 Å². The molecular weight excluding hydrogens is 314 g/mol. The summed E-state index contributed by atoms with van der Waals surface area (Å²) in [6.45, 7) is 0.564. The molecule has 1 aromatic rings. The highest BCUT2D eigenvalue weighted by Crippen LogP contribution is 2.01. The first-order valence-corrected chi connectivity index (χ1v) is 8.22. The van der Waals surface area contributed by atoms with E-state index in [4.69, 9.17) is 9.98 Å². The van der Waals surface area contributed by atoms with Crippen molar-refractivity contribution in [1.29, 1.82) is 0 Å². The summed E-state index contributed by atoms with van der Waals surface area (Å²) in [5.41, 5.74) is 1.14. The van der Waals surface area contributed by atoms with Crippen molar-refractivity contribution in [3.8, 4) is 0 Å². The zero-order valence-electron chi connectivity index (χ0n) is 16.8. The summed E-state index contributed by atoms with van der Waals surface area (Å²) in [5.74, 6) is 2.29. The lowest BCUT2D eigenvalue weighted by molar-refractivity contribution is -0.471. The lowest BCUT2D eigenvalue weighted by atomic mass is 10.2. The first kappa shape index (κ1) is 20.5. The molecule has 0 aromatic heterocycles. The molecule has 0 fully saturated rings. The lowest BCUT2D eigenvalue weighted by Crippen LogP contribution is -2.46. The largest absolute Gasteiger partial charge is 0.354 e. The third-order valence-electron chi connectivity index (χ3n) is 3.33. The number of benzene rings is 1. The second-order valence-corrected chi connectivity index (χ2v) is 6.56. The average molecular weight is 347 g/mol. The SMILES string of the molecule is CN(C)C(=NC(=NCc1ccccc1)NC(N(C)C)=[N+](C)C)N(C)C. The second-order valence-electron chi connectivity index (χ2n) is 6.56. The molecule has 0 saturated carbocycles. The summed E-state index contributed by atoms with van der Waals surface area (Å²) in [7, 11) is 15.8. The third kappa shape index (κ3) is 6.82. The fraction of sp³-hybridized carbons (Fsp3) is 0.500. The van der Waals surface area contributed by atoms with Gasteiger partial charge >= 0.3 is 5.96 Å². The number of aliphatic imine (C=N–C) groups is 2. The van der Waals surface area contributed by atoms with Crippen molar-refractivity contribution in [1.82, 2.24) is 20.0 Å². The van der Waals surface area contributed by atoms with Crippen molar-refractivity contribution in [2.45, 2.75) is 6.54 Å². The van der Waals surface area contributed by atoms with E-state index in [0.29, 0.717) is 12.5 Å². The van der Waals surface area contributed by atoms with E-state index in [1.807, 2.05) is 93.9 Å². The molecule has 0 aliphatic rings. The van der Waals surface area contributed by atoms with Gasteiger partial charge in [0.05, 0.1) is 34.7 Å². The zero-order valence-corrected chi connectivity index (χ0v) is 16.8. The third-order valence-corrected chi connectivity index (χ3v) is 3.33. The molecule has 0 aliphatic carbocycles. The van der Waals surface area contributed by atoms with Crippen LogP contribution in [0.25, 0.3) is 0 Å². The Balaban J connectivity index is 3.21. The molecule has 25 heavy (non-hydrogen) atoms. The molecular formula is C18H32N7+. The van der Waals surface area contributed by atoms with Gasteiger partial charge in [-0.25, -0.2) is 10.3 Å². The van der Waals surface area contributed by atoms with Crippen LogP contribution in [0.4, 0.5) is 0 Å². The van der Waals surface area contributed by atoms with E-state index in [1.54, 1.807) is 0 Å². The van der Waals surface area contributed by atoms with Gasteiger partial charge in [0.1, 0.15) is 0 Å². The van der Waals surface area contributed by atoms with Crippen LogP contribution in [0.5, 0.6) is 0 Å². The zero-order chi connectivity index (χ0) is 19.0. The van der Waals surface area contributed by atoms with Gasteiger partial charge in [0.2, 0.25) is 5.96 Å². The Morgan fingerprint density at radius 1 is 0.920 bits per heavy atom. The normalized spacial score (nSPS) is 10.8. The summed E-state index contributed by atoms with van der Waals surface area (Å²) in [5, 5.41) is 3.34. The number of hydrogen-bond donors (Lipinski definition) is 1. The number of nitrogens with one attached hydrogen (secondary N) is 1. The van der Waals surface area contributed by atoms with Crippen LogP contribution in [0.15, 0.2) is 40.3 Å². The Morgan fingerprint density at radius 2 is 1.48 bits per heavy atom. The van der Waals surface area contributed by atoms with Crippen molar-refractivity contribution in [2.75, 3.05) is 56.4 Å². The Hall–Kier alpha value is -2.57. The van der Waals surface area contributed by atoms with E-state index in [0.717, 1.165) is 17.5 Å². The minimum absolute atomic E-state index is 0.564. The molecule has 1 aromatic carbocycles. The van der Waals surface area contributed by atoms with Crippen LogP contribution in [0.3, 0.4) is 0 Å². The monoisotopic (exact) mass is 346 g/mol. The first-order chi connectivity index (χ1) is 11.7. The molecule has 0 saturated heterocycles. The molecule has 0 radical (unpaired) electrons. The summed E-state index contributed by atoms with van der Waals surface area (Å²) in [6, 6.07) is 10.2. The predicted octanol–water partition coefficient (Wildman–Crippen LogP) is 0.801. The van der Waals surface area contributed by atoms with Crippen molar-refractivity contribution in [3.63, 3.8) is 0 Å². The topological polar surface area (TPSA) is 49.5 Å². The summed E-state index contributed by atoms with van der Waals surface area (Å²) >= 11 is 0. The summed E-state index contributed by atoms with van der Waals surface area (Å²) < 4.78 is 2.00. The highest BCUT2D eigenvalue weighted by molar-refractivity contribution is 6.02. The van der Waals surface area contributed by atoms with Crippen LogP contribution in [-0.4, -0.2) is 93.5 Å². The summed E-state index contributed by atoms with van der Waals surface area (Å²) in [4.78, 5) is 15.3. The molecule has 1 rings (SSSR count). The maximum Gasteiger partial charge on any atom is 0.354 e. The van der Waals surface area contributed by atoms with Crippen LogP contribution in [0.1, 0.15) is 5.56 Å². The Kier molecular flexibility index (Phi) is 7.91. The molecule has 0 amide bonds. The van der Waals surface area contributed by atoms with Gasteiger partial charge in [-0.2, -0.15) is 4.99 Å². The van der Waals surface area contributed by atoms with Gasteiger partial charge in [-0.1, -0.05) is 30.3 Å². The van der Waals surface area contributed by atoms with Gasteiger partial charge < -0.3 is 9.80 Å². The van der Waals surface area contributed by atoms with Gasteiger partial charge in [0.25, 0.3) is 5.96 Å². The van der Waals surface area contributed by atoms with E-state index >= 15 is 0 Å². The molecule has 1 N–H and O–H groups in total. The van der Waals surface area contributed by atoms with Gasteiger partial charge in [0.15, 0.2) is 0 Å². The van der Waals surface area contributed by atoms with E-state index in [-0.39, 0.29) is 0 Å². The standard InChI is InChI=1S/C18H31N7/c1-22(2)17(23(3)4)20-16(21-18(24(5)6)25(7)8)19-14-15-12-10-9-11-13-15/h9-13H,14H2,1-8H3/p+1. The van der Waals surface area contributed by atoms with Crippen LogP contribution >= 0.6 is 0 Å². The Morgan fingerprint density at radius 3 is 1.92 bits per heavy atom. The van der Waals surface area contributed by atoms with E-state index < -0.39 is 0 Å². The van der Waals surface area contributed by atoms with Gasteiger partial charge in [-0.15, -0.1) is 0 Å². The number of rotatable bonds is 2. The smallest absolute Gasteiger partial charge is 0.349 e. The number of hydrogen-bond acceptors (Lipinski definition) is 1. The number of guanidine groups is 3. The quantitative estimate of drug-likeness (QED) is 0.489. The fourth-order valence-electron chi connectivity index (χ4n) is 2.27. The van der Waals surface area contributed by atoms with Crippen LogP contribution in [-0.2, 0) is 6.54 Å². The molecule has 0 spiro atoms. The Bertz CT molecular complexity index is 614. The highest BCUT2D eigenvalue weighted by Gasteiger charge is 2.17. The van der Waals surface area contributed by atoms with Crippen molar-refractivity contribution in [2.24, 2.45) is 9.98 Å². The number of nitrogens with zero attached hydrogens (tertiary/aromatic N) is 6. The minimum atomic E-state index is 0.564. The van der Waals surface area contributed by atoms with Crippen molar-refractivity contribution in [3.05, 3.63) is 35.9 Å². The van der Waals surface area contributed by atoms with Crippen LogP contribution in [0, 0.1) is 0 Å². The molecule has 7 nitrogen and oxygen atoms in total. The molecule has 138 valence electrons. The van der Waals surface area contributed by atoms with Gasteiger partial charge in [0, 0.05) is 28.2 Å². The van der Waals surface area contributed by atoms with Crippen molar-refractivity contribution >= 4 is 17.9 Å². The first-order valence-electron chi connectivity index (χ1n) is 8.22. The summed E-state index contributed by atoms with van der Waals surface area (Å²) in [6.07, 6.45) is 0. The maximum absolute atomic E-state index is 4.73. The highest BCUT2D eigenvalue weighted by atomic mass is 15.4. The van der Waals surface area contributed by atoms with Crippen LogP contribution in [0.2, 0.25) is 0 Å². The minimum Gasteiger partial charge on any atom is -0.349 e. The lowest BCUT2D eigenvalue weighted by Gasteiger charge is -2.22. The molecule has 0 aliphatic heterocycles.